The number of nitrogens with zero attached hydrogens (tertiary/aromatic N) is 1. The molecule has 98 valence electrons. The molecule has 3 unspecified atom stereocenters. The number of fused-ring (bicyclic) bond motifs is 1. The lowest BCUT2D eigenvalue weighted by atomic mass is 10.0. The van der Waals surface area contributed by atoms with E-state index >= 15 is 0 Å². The number of hydrogen-bond donors (Lipinski definition) is 1. The van der Waals surface area contributed by atoms with E-state index in [4.69, 9.17) is 11.6 Å². The topological polar surface area (TPSA) is 15.3 Å². The molecule has 0 saturated carbocycles. The predicted octanol–water partition coefficient (Wildman–Crippen LogP) is 2.94. The van der Waals surface area contributed by atoms with Crippen LogP contribution in [-0.4, -0.2) is 31.1 Å². The summed E-state index contributed by atoms with van der Waals surface area (Å²) in [6.07, 6.45) is 1.18. The van der Waals surface area contributed by atoms with Gasteiger partial charge in [-0.2, -0.15) is 0 Å². The minimum Gasteiger partial charge on any atom is -0.316 e. The molecule has 3 atom stereocenters. The van der Waals surface area contributed by atoms with Crippen LogP contribution in [-0.2, 0) is 0 Å². The van der Waals surface area contributed by atoms with Crippen molar-refractivity contribution in [2.75, 3.05) is 26.2 Å². The van der Waals surface area contributed by atoms with Gasteiger partial charge < -0.3 is 5.32 Å². The number of halogens is 1. The molecule has 1 N–H and O–H groups in total. The second-order valence-electron chi connectivity index (χ2n) is 5.61. The Labute approximate surface area is 114 Å². The highest BCUT2D eigenvalue weighted by Gasteiger charge is 2.38. The van der Waals surface area contributed by atoms with Crippen molar-refractivity contribution in [3.63, 3.8) is 0 Å². The summed E-state index contributed by atoms with van der Waals surface area (Å²) in [7, 11) is 0. The summed E-state index contributed by atoms with van der Waals surface area (Å²) in [6, 6.07) is 8.95. The average molecular weight is 265 g/mol. The number of benzene rings is 1. The number of rotatable bonds is 3. The van der Waals surface area contributed by atoms with E-state index in [0.717, 1.165) is 16.9 Å². The highest BCUT2D eigenvalue weighted by atomic mass is 35.5. The minimum absolute atomic E-state index is 0.563. The summed E-state index contributed by atoms with van der Waals surface area (Å²) in [6.45, 7) is 7.19. The minimum atomic E-state index is 0.563. The fourth-order valence-corrected chi connectivity index (χ4v) is 3.66. The lowest BCUT2D eigenvalue weighted by Gasteiger charge is -2.28. The molecule has 0 aliphatic carbocycles. The normalized spacial score (nSPS) is 29.4. The molecule has 2 fully saturated rings. The Bertz CT molecular complexity index is 391. The van der Waals surface area contributed by atoms with E-state index < -0.39 is 0 Å². The molecular formula is C15H21ClN2. The Kier molecular flexibility index (Phi) is 3.60. The molecule has 18 heavy (non-hydrogen) atoms. The van der Waals surface area contributed by atoms with E-state index in [-0.39, 0.29) is 0 Å². The van der Waals surface area contributed by atoms with Crippen molar-refractivity contribution in [3.8, 4) is 0 Å². The molecule has 2 aliphatic heterocycles. The van der Waals surface area contributed by atoms with Crippen LogP contribution in [0.2, 0.25) is 5.02 Å². The summed E-state index contributed by atoms with van der Waals surface area (Å²) < 4.78 is 0. The van der Waals surface area contributed by atoms with Crippen LogP contribution >= 0.6 is 11.6 Å². The molecule has 1 aromatic rings. The molecule has 0 amide bonds. The maximum atomic E-state index is 5.98. The number of likely N-dealkylation sites (tertiary alicyclic amines) is 1. The van der Waals surface area contributed by atoms with Gasteiger partial charge in [-0.25, -0.2) is 0 Å². The second-order valence-corrected chi connectivity index (χ2v) is 6.04. The third-order valence-electron chi connectivity index (χ3n) is 4.50. The first-order valence-electron chi connectivity index (χ1n) is 6.98. The Morgan fingerprint density at radius 1 is 1.22 bits per heavy atom. The van der Waals surface area contributed by atoms with Gasteiger partial charge in [0.1, 0.15) is 0 Å². The molecule has 1 aromatic carbocycles. The van der Waals surface area contributed by atoms with Gasteiger partial charge in [0.15, 0.2) is 0 Å². The van der Waals surface area contributed by atoms with Crippen LogP contribution in [0.4, 0.5) is 0 Å². The van der Waals surface area contributed by atoms with Crippen LogP contribution in [0, 0.1) is 11.8 Å². The first-order chi connectivity index (χ1) is 8.78. The van der Waals surface area contributed by atoms with E-state index in [1.54, 1.807) is 0 Å². The van der Waals surface area contributed by atoms with E-state index in [1.807, 2.05) is 12.1 Å². The predicted molar refractivity (Wildman–Crippen MR) is 75.9 cm³/mol. The lowest BCUT2D eigenvalue weighted by Crippen LogP contribution is -2.29. The second kappa shape index (κ2) is 5.20. The fraction of sp³-hybridized carbons (Fsp3) is 0.600. The lowest BCUT2D eigenvalue weighted by molar-refractivity contribution is 0.222. The van der Waals surface area contributed by atoms with Gasteiger partial charge in [0, 0.05) is 24.2 Å². The third-order valence-corrected chi connectivity index (χ3v) is 4.75. The molecule has 2 aliphatic rings. The van der Waals surface area contributed by atoms with Crippen LogP contribution < -0.4 is 5.32 Å². The molecule has 3 heteroatoms. The first kappa shape index (κ1) is 12.5. The molecule has 0 spiro atoms. The van der Waals surface area contributed by atoms with Crippen molar-refractivity contribution in [1.29, 1.82) is 0 Å². The van der Waals surface area contributed by atoms with Gasteiger partial charge in [-0.1, -0.05) is 30.7 Å². The number of hydrogen-bond acceptors (Lipinski definition) is 2. The Morgan fingerprint density at radius 2 is 1.83 bits per heavy atom. The van der Waals surface area contributed by atoms with E-state index in [9.17, 15) is 0 Å². The third kappa shape index (κ3) is 2.29. The highest BCUT2D eigenvalue weighted by Crippen LogP contribution is 2.34. The zero-order valence-corrected chi connectivity index (χ0v) is 11.7. The molecule has 3 rings (SSSR count). The molecule has 0 radical (unpaired) electrons. The van der Waals surface area contributed by atoms with Crippen molar-refractivity contribution >= 4 is 11.6 Å². The maximum Gasteiger partial charge on any atom is 0.0406 e. The zero-order chi connectivity index (χ0) is 12.5. The molecule has 2 heterocycles. The maximum absolute atomic E-state index is 5.98. The summed E-state index contributed by atoms with van der Waals surface area (Å²) >= 11 is 5.98. The molecule has 2 nitrogen and oxygen atoms in total. The Balaban J connectivity index is 1.75. The highest BCUT2D eigenvalue weighted by molar-refractivity contribution is 6.30. The Hall–Kier alpha value is -0.570. The monoisotopic (exact) mass is 264 g/mol. The van der Waals surface area contributed by atoms with E-state index in [1.165, 1.54) is 38.2 Å². The van der Waals surface area contributed by atoms with Crippen LogP contribution in [0.3, 0.4) is 0 Å². The summed E-state index contributed by atoms with van der Waals surface area (Å²) in [5.74, 6) is 1.73. The smallest absolute Gasteiger partial charge is 0.0406 e. The van der Waals surface area contributed by atoms with E-state index in [2.05, 4.69) is 29.3 Å². The van der Waals surface area contributed by atoms with Gasteiger partial charge in [0.2, 0.25) is 0 Å². The van der Waals surface area contributed by atoms with Crippen molar-refractivity contribution in [1.82, 2.24) is 10.2 Å². The van der Waals surface area contributed by atoms with Crippen molar-refractivity contribution in [2.24, 2.45) is 11.8 Å². The van der Waals surface area contributed by atoms with Crippen LogP contribution in [0.5, 0.6) is 0 Å². The Morgan fingerprint density at radius 3 is 2.39 bits per heavy atom. The number of nitrogens with one attached hydrogen (secondary N) is 1. The van der Waals surface area contributed by atoms with Crippen LogP contribution in [0.1, 0.15) is 24.9 Å². The van der Waals surface area contributed by atoms with Crippen LogP contribution in [0.25, 0.3) is 0 Å². The fourth-order valence-electron chi connectivity index (χ4n) is 3.54. The van der Waals surface area contributed by atoms with Gasteiger partial charge in [-0.3, -0.25) is 4.90 Å². The van der Waals surface area contributed by atoms with Gasteiger partial charge in [-0.05, 0) is 49.0 Å². The van der Waals surface area contributed by atoms with Crippen molar-refractivity contribution < 1.29 is 0 Å². The molecule has 2 saturated heterocycles. The SMILES string of the molecule is CCC(c1ccc(Cl)cc1)N1CC2CNCC2C1. The summed E-state index contributed by atoms with van der Waals surface area (Å²) in [5, 5.41) is 4.33. The van der Waals surface area contributed by atoms with Gasteiger partial charge in [0.05, 0.1) is 0 Å². The molecular weight excluding hydrogens is 244 g/mol. The largest absolute Gasteiger partial charge is 0.316 e. The van der Waals surface area contributed by atoms with Gasteiger partial charge >= 0.3 is 0 Å². The van der Waals surface area contributed by atoms with Crippen LogP contribution in [0.15, 0.2) is 24.3 Å². The zero-order valence-electron chi connectivity index (χ0n) is 10.9. The van der Waals surface area contributed by atoms with Crippen molar-refractivity contribution in [2.45, 2.75) is 19.4 Å². The quantitative estimate of drug-likeness (QED) is 0.903. The molecule has 0 aromatic heterocycles. The summed E-state index contributed by atoms with van der Waals surface area (Å²) in [5.41, 5.74) is 1.41. The van der Waals surface area contributed by atoms with Gasteiger partial charge in [0.25, 0.3) is 0 Å². The van der Waals surface area contributed by atoms with Crippen molar-refractivity contribution in [3.05, 3.63) is 34.9 Å². The van der Waals surface area contributed by atoms with Gasteiger partial charge in [-0.15, -0.1) is 0 Å². The average Bonchev–Trinajstić information content (AvgIpc) is 2.93. The van der Waals surface area contributed by atoms with E-state index in [0.29, 0.717) is 6.04 Å². The summed E-state index contributed by atoms with van der Waals surface area (Å²) in [4.78, 5) is 2.67. The standard InChI is InChI=1S/C15H21ClN2/c1-2-15(11-3-5-14(16)6-4-11)18-9-12-7-17-8-13(12)10-18/h3-6,12-13,15,17H,2,7-10H2,1H3. The first-order valence-corrected chi connectivity index (χ1v) is 7.36. The molecule has 0 bridgehead atoms.